The van der Waals surface area contributed by atoms with Crippen LogP contribution in [0.1, 0.15) is 27.7 Å². The van der Waals surface area contributed by atoms with Gasteiger partial charge in [-0.1, -0.05) is 20.8 Å². The van der Waals surface area contributed by atoms with Crippen LogP contribution in [-0.4, -0.2) is 17.3 Å². The van der Waals surface area contributed by atoms with Gasteiger partial charge < -0.3 is 5.11 Å². The standard InChI is InChI=1S/C7H18N2O/c1-6(2,3)7(4,10)5-9-8/h9-10H,5,8H2,1-4H3. The summed E-state index contributed by atoms with van der Waals surface area (Å²) < 4.78 is 0. The van der Waals surface area contributed by atoms with Crippen LogP contribution in [0.25, 0.3) is 0 Å². The molecular weight excluding hydrogens is 128 g/mol. The number of rotatable bonds is 2. The van der Waals surface area contributed by atoms with Crippen molar-refractivity contribution in [1.82, 2.24) is 5.43 Å². The van der Waals surface area contributed by atoms with Crippen LogP contribution in [0.4, 0.5) is 0 Å². The van der Waals surface area contributed by atoms with Gasteiger partial charge in [0.1, 0.15) is 0 Å². The molecule has 1 atom stereocenters. The maximum absolute atomic E-state index is 9.71. The molecular formula is C7H18N2O. The van der Waals surface area contributed by atoms with Crippen molar-refractivity contribution in [3.8, 4) is 0 Å². The molecule has 0 bridgehead atoms. The van der Waals surface area contributed by atoms with E-state index in [9.17, 15) is 5.11 Å². The minimum atomic E-state index is -0.748. The summed E-state index contributed by atoms with van der Waals surface area (Å²) in [7, 11) is 0. The molecule has 3 heteroatoms. The first-order valence-corrected chi connectivity index (χ1v) is 3.47. The van der Waals surface area contributed by atoms with Crippen molar-refractivity contribution in [3.63, 3.8) is 0 Å². The summed E-state index contributed by atoms with van der Waals surface area (Å²) in [6.07, 6.45) is 0. The molecule has 0 aliphatic carbocycles. The quantitative estimate of drug-likeness (QED) is 0.386. The molecule has 0 aromatic rings. The highest BCUT2D eigenvalue weighted by atomic mass is 16.3. The first-order chi connectivity index (χ1) is 4.31. The molecule has 0 amide bonds. The van der Waals surface area contributed by atoms with Crippen molar-refractivity contribution in [3.05, 3.63) is 0 Å². The van der Waals surface area contributed by atoms with Crippen molar-refractivity contribution < 1.29 is 5.11 Å². The number of nitrogens with one attached hydrogen (secondary N) is 1. The van der Waals surface area contributed by atoms with E-state index < -0.39 is 5.60 Å². The maximum Gasteiger partial charge on any atom is 0.0805 e. The lowest BCUT2D eigenvalue weighted by atomic mass is 9.78. The first kappa shape index (κ1) is 9.88. The zero-order valence-electron chi connectivity index (χ0n) is 7.23. The number of hydrazine groups is 1. The van der Waals surface area contributed by atoms with Crippen molar-refractivity contribution >= 4 is 0 Å². The predicted molar refractivity (Wildman–Crippen MR) is 42.3 cm³/mol. The van der Waals surface area contributed by atoms with E-state index >= 15 is 0 Å². The first-order valence-electron chi connectivity index (χ1n) is 3.47. The van der Waals surface area contributed by atoms with E-state index in [0.29, 0.717) is 6.54 Å². The second-order valence-corrected chi connectivity index (χ2v) is 3.90. The lowest BCUT2D eigenvalue weighted by Crippen LogP contribution is -2.49. The zero-order valence-corrected chi connectivity index (χ0v) is 7.23. The summed E-state index contributed by atoms with van der Waals surface area (Å²) in [6, 6.07) is 0. The second-order valence-electron chi connectivity index (χ2n) is 3.90. The monoisotopic (exact) mass is 146 g/mol. The normalized spacial score (nSPS) is 18.6. The third-order valence-corrected chi connectivity index (χ3v) is 2.06. The van der Waals surface area contributed by atoms with Crippen LogP contribution in [0, 0.1) is 5.41 Å². The molecule has 0 rings (SSSR count). The second kappa shape index (κ2) is 2.86. The predicted octanol–water partition coefficient (Wildman–Crippen LogP) is 0.247. The van der Waals surface area contributed by atoms with Crippen LogP contribution in [0.15, 0.2) is 0 Å². The highest BCUT2D eigenvalue weighted by Gasteiger charge is 2.34. The highest BCUT2D eigenvalue weighted by Crippen LogP contribution is 2.28. The van der Waals surface area contributed by atoms with Gasteiger partial charge in [-0.05, 0) is 12.3 Å². The van der Waals surface area contributed by atoms with E-state index in [1.165, 1.54) is 0 Å². The summed E-state index contributed by atoms with van der Waals surface area (Å²) in [5, 5.41) is 9.71. The third-order valence-electron chi connectivity index (χ3n) is 2.06. The van der Waals surface area contributed by atoms with Crippen molar-refractivity contribution in [2.24, 2.45) is 11.3 Å². The van der Waals surface area contributed by atoms with Gasteiger partial charge >= 0.3 is 0 Å². The lowest BCUT2D eigenvalue weighted by Gasteiger charge is -2.36. The van der Waals surface area contributed by atoms with Crippen LogP contribution in [-0.2, 0) is 0 Å². The van der Waals surface area contributed by atoms with Crippen molar-refractivity contribution in [2.45, 2.75) is 33.3 Å². The Hall–Kier alpha value is -0.120. The molecule has 0 heterocycles. The Labute approximate surface area is 62.6 Å². The molecule has 0 aliphatic heterocycles. The Morgan fingerprint density at radius 1 is 1.30 bits per heavy atom. The van der Waals surface area contributed by atoms with Crippen molar-refractivity contribution in [2.75, 3.05) is 6.54 Å². The molecule has 4 N–H and O–H groups in total. The molecule has 0 spiro atoms. The van der Waals surface area contributed by atoms with Crippen LogP contribution < -0.4 is 11.3 Å². The van der Waals surface area contributed by atoms with Gasteiger partial charge in [-0.25, -0.2) is 0 Å². The third kappa shape index (κ3) is 2.25. The molecule has 3 nitrogen and oxygen atoms in total. The van der Waals surface area contributed by atoms with Crippen LogP contribution in [0.2, 0.25) is 0 Å². The van der Waals surface area contributed by atoms with Gasteiger partial charge in [-0.3, -0.25) is 11.3 Å². The zero-order chi connectivity index (χ0) is 8.41. The van der Waals surface area contributed by atoms with Gasteiger partial charge in [0.05, 0.1) is 5.60 Å². The Morgan fingerprint density at radius 2 is 1.70 bits per heavy atom. The summed E-state index contributed by atoms with van der Waals surface area (Å²) in [5.41, 5.74) is 1.58. The summed E-state index contributed by atoms with van der Waals surface area (Å²) >= 11 is 0. The van der Waals surface area contributed by atoms with E-state index in [1.54, 1.807) is 6.92 Å². The van der Waals surface area contributed by atoms with E-state index in [-0.39, 0.29) is 5.41 Å². The average Bonchev–Trinajstić information content (AvgIpc) is 1.61. The molecule has 0 fully saturated rings. The number of hydrogen-bond acceptors (Lipinski definition) is 3. The Bertz CT molecular complexity index is 105. The summed E-state index contributed by atoms with van der Waals surface area (Å²) in [5.74, 6) is 5.10. The summed E-state index contributed by atoms with van der Waals surface area (Å²) in [6.45, 7) is 8.11. The highest BCUT2D eigenvalue weighted by molar-refractivity contribution is 4.87. The molecule has 0 aliphatic rings. The summed E-state index contributed by atoms with van der Waals surface area (Å²) in [4.78, 5) is 0. The molecule has 0 radical (unpaired) electrons. The number of hydrogen-bond donors (Lipinski definition) is 3. The van der Waals surface area contributed by atoms with Gasteiger partial charge in [0.25, 0.3) is 0 Å². The average molecular weight is 146 g/mol. The van der Waals surface area contributed by atoms with Gasteiger partial charge in [-0.2, -0.15) is 0 Å². The SMILES string of the molecule is CC(C)(C)C(C)(O)CNN. The minimum absolute atomic E-state index is 0.140. The molecule has 0 aromatic carbocycles. The fourth-order valence-corrected chi connectivity index (χ4v) is 0.464. The van der Waals surface area contributed by atoms with E-state index in [0.717, 1.165) is 0 Å². The molecule has 0 saturated carbocycles. The van der Waals surface area contributed by atoms with Gasteiger partial charge in [0.2, 0.25) is 0 Å². The van der Waals surface area contributed by atoms with Crippen molar-refractivity contribution in [1.29, 1.82) is 0 Å². The fraction of sp³-hybridized carbons (Fsp3) is 1.00. The number of aliphatic hydroxyl groups is 1. The van der Waals surface area contributed by atoms with E-state index in [4.69, 9.17) is 5.84 Å². The molecule has 0 saturated heterocycles. The Kier molecular flexibility index (Phi) is 2.83. The number of nitrogens with two attached hydrogens (primary N) is 1. The van der Waals surface area contributed by atoms with Gasteiger partial charge in [0.15, 0.2) is 0 Å². The fourth-order valence-electron chi connectivity index (χ4n) is 0.464. The smallest absolute Gasteiger partial charge is 0.0805 e. The van der Waals surface area contributed by atoms with Crippen LogP contribution in [0.3, 0.4) is 0 Å². The largest absolute Gasteiger partial charge is 0.388 e. The van der Waals surface area contributed by atoms with Crippen LogP contribution in [0.5, 0.6) is 0 Å². The topological polar surface area (TPSA) is 58.3 Å². The maximum atomic E-state index is 9.71. The van der Waals surface area contributed by atoms with Crippen LogP contribution >= 0.6 is 0 Å². The molecule has 0 aromatic heterocycles. The Morgan fingerprint density at radius 3 is 1.80 bits per heavy atom. The van der Waals surface area contributed by atoms with E-state index in [1.807, 2.05) is 20.8 Å². The van der Waals surface area contributed by atoms with E-state index in [2.05, 4.69) is 5.43 Å². The van der Waals surface area contributed by atoms with Gasteiger partial charge in [0, 0.05) is 6.54 Å². The van der Waals surface area contributed by atoms with Gasteiger partial charge in [-0.15, -0.1) is 0 Å². The molecule has 1 unspecified atom stereocenters. The Balaban J connectivity index is 4.10. The molecule has 62 valence electrons. The lowest BCUT2D eigenvalue weighted by molar-refractivity contribution is -0.0393. The minimum Gasteiger partial charge on any atom is -0.388 e. The molecule has 10 heavy (non-hydrogen) atoms.